The highest BCUT2D eigenvalue weighted by molar-refractivity contribution is 5.86. The Hall–Kier alpha value is -5.63. The zero-order valence-corrected chi connectivity index (χ0v) is 30.4. The lowest BCUT2D eigenvalue weighted by Gasteiger charge is -2.30. The molecule has 0 aliphatic carbocycles. The summed E-state index contributed by atoms with van der Waals surface area (Å²) in [4.78, 5) is 67.5. The number of likely N-dealkylation sites (tertiary alicyclic amines) is 2. The number of aromatic amines is 2. The van der Waals surface area contributed by atoms with Crippen LogP contribution in [0.5, 0.6) is 0 Å². The molecule has 2 aliphatic rings. The van der Waals surface area contributed by atoms with Gasteiger partial charge in [0.05, 0.1) is 78.4 Å². The molecule has 2 aromatic carbocycles. The van der Waals surface area contributed by atoms with Crippen LogP contribution >= 0.6 is 0 Å². The van der Waals surface area contributed by atoms with Gasteiger partial charge in [0, 0.05) is 24.2 Å². The number of imidazole rings is 2. The van der Waals surface area contributed by atoms with Gasteiger partial charge in [0.15, 0.2) is 0 Å². The van der Waals surface area contributed by atoms with E-state index in [1.807, 2.05) is 61.2 Å². The second kappa shape index (κ2) is 15.2. The number of fused-ring (bicyclic) bond motifs is 1. The molecule has 53 heavy (non-hydrogen) atoms. The zero-order valence-electron chi connectivity index (χ0n) is 30.4. The number of nitrogens with zero attached hydrogens (tertiary/aromatic N) is 6. The van der Waals surface area contributed by atoms with Crippen LogP contribution in [-0.4, -0.2) is 95.1 Å². The van der Waals surface area contributed by atoms with Crippen molar-refractivity contribution in [2.75, 3.05) is 20.2 Å². The molecule has 5 aromatic rings. The summed E-state index contributed by atoms with van der Waals surface area (Å²) >= 11 is 0. The third kappa shape index (κ3) is 7.49. The Kier molecular flexibility index (Phi) is 10.2. The van der Waals surface area contributed by atoms with Crippen molar-refractivity contribution in [3.63, 3.8) is 0 Å². The predicted molar refractivity (Wildman–Crippen MR) is 198 cm³/mol. The van der Waals surface area contributed by atoms with Gasteiger partial charge in [-0.1, -0.05) is 44.2 Å². The van der Waals surface area contributed by atoms with E-state index >= 15 is 0 Å². The van der Waals surface area contributed by atoms with Crippen molar-refractivity contribution in [1.82, 2.24) is 45.0 Å². The number of hydrogen-bond acceptors (Lipinski definition) is 9. The summed E-state index contributed by atoms with van der Waals surface area (Å²) in [5, 5.41) is 12.4. The van der Waals surface area contributed by atoms with Crippen molar-refractivity contribution in [1.29, 1.82) is 0 Å². The van der Waals surface area contributed by atoms with Crippen LogP contribution in [-0.2, 0) is 14.3 Å². The fraction of sp³-hybridized carbons (Fsp3) is 0.410. The number of ether oxygens (including phenoxy) is 1. The normalized spacial score (nSPS) is 18.5. The van der Waals surface area contributed by atoms with Crippen LogP contribution in [0.3, 0.4) is 0 Å². The Morgan fingerprint density at radius 2 is 1.49 bits per heavy atom. The zero-order chi connectivity index (χ0) is 37.2. The van der Waals surface area contributed by atoms with Crippen LogP contribution in [0, 0.1) is 5.92 Å². The Bertz CT molecular complexity index is 2090. The topological polar surface area (TPSA) is 182 Å². The molecule has 14 nitrogen and oxygen atoms in total. The molecule has 0 spiro atoms. The van der Waals surface area contributed by atoms with Crippen LogP contribution in [0.15, 0.2) is 61.1 Å². The summed E-state index contributed by atoms with van der Waals surface area (Å²) in [6, 6.07) is 12.9. The Labute approximate surface area is 307 Å². The summed E-state index contributed by atoms with van der Waals surface area (Å²) in [6.45, 7) is 6.68. The molecule has 4 N–H and O–H groups in total. The fourth-order valence-electron chi connectivity index (χ4n) is 7.36. The number of benzene rings is 2. The molecule has 5 heterocycles. The Balaban J connectivity index is 1.02. The van der Waals surface area contributed by atoms with E-state index in [4.69, 9.17) is 19.7 Å². The third-order valence-corrected chi connectivity index (χ3v) is 10.1. The number of hydrogen-bond donors (Lipinski definition) is 4. The Morgan fingerprint density at radius 1 is 0.849 bits per heavy atom. The smallest absolute Gasteiger partial charge is 0.407 e. The van der Waals surface area contributed by atoms with Gasteiger partial charge in [0.2, 0.25) is 11.8 Å². The molecular formula is C39H45N9O5. The van der Waals surface area contributed by atoms with Crippen molar-refractivity contribution in [2.45, 2.75) is 77.1 Å². The fourth-order valence-corrected chi connectivity index (χ4v) is 7.36. The quantitative estimate of drug-likeness (QED) is 0.144. The van der Waals surface area contributed by atoms with Crippen molar-refractivity contribution in [3.8, 4) is 33.8 Å². The number of aliphatic hydroxyl groups excluding tert-OH is 1. The van der Waals surface area contributed by atoms with Crippen LogP contribution < -0.4 is 5.32 Å². The first-order chi connectivity index (χ1) is 25.6. The van der Waals surface area contributed by atoms with Gasteiger partial charge in [-0.2, -0.15) is 0 Å². The number of H-pyrrole nitrogens is 2. The SMILES string of the molecule is COC(=O)N[C@H](C(=O)N1CCC[C@H]1c1ncc(-c2ccc(-c3cnc(-c4ccc5nc([C@@H]6CCCN6C(=O)C[C@@H](C)O)[nH]c5c4)cn3)cc2)[nH]1)C(C)C. The number of carbonyl (C=O) groups is 3. The monoisotopic (exact) mass is 719 g/mol. The number of carbonyl (C=O) groups excluding carboxylic acids is 3. The highest BCUT2D eigenvalue weighted by Gasteiger charge is 2.37. The summed E-state index contributed by atoms with van der Waals surface area (Å²) in [7, 11) is 1.29. The van der Waals surface area contributed by atoms with Crippen LogP contribution in [0.25, 0.3) is 44.8 Å². The van der Waals surface area contributed by atoms with Crippen molar-refractivity contribution >= 4 is 28.9 Å². The minimum atomic E-state index is -0.689. The highest BCUT2D eigenvalue weighted by atomic mass is 16.5. The maximum atomic E-state index is 13.5. The van der Waals surface area contributed by atoms with Gasteiger partial charge in [0.25, 0.3) is 0 Å². The highest BCUT2D eigenvalue weighted by Crippen LogP contribution is 2.35. The van der Waals surface area contributed by atoms with Gasteiger partial charge in [-0.25, -0.2) is 14.8 Å². The molecule has 2 aliphatic heterocycles. The van der Waals surface area contributed by atoms with E-state index < -0.39 is 18.2 Å². The maximum Gasteiger partial charge on any atom is 0.407 e. The molecule has 4 atom stereocenters. The minimum absolute atomic E-state index is 0.0575. The largest absolute Gasteiger partial charge is 0.453 e. The molecular weight excluding hydrogens is 674 g/mol. The molecule has 276 valence electrons. The van der Waals surface area contributed by atoms with E-state index in [1.165, 1.54) is 7.11 Å². The van der Waals surface area contributed by atoms with Crippen molar-refractivity contribution < 1.29 is 24.2 Å². The number of alkyl carbamates (subject to hydrolysis) is 1. The molecule has 2 saturated heterocycles. The predicted octanol–water partition coefficient (Wildman–Crippen LogP) is 5.56. The van der Waals surface area contributed by atoms with E-state index in [1.54, 1.807) is 30.4 Å². The van der Waals surface area contributed by atoms with Crippen LogP contribution in [0.4, 0.5) is 4.79 Å². The summed E-state index contributed by atoms with van der Waals surface area (Å²) in [5.74, 6) is 1.16. The number of aliphatic hydroxyl groups is 1. The molecule has 0 saturated carbocycles. The number of amides is 3. The lowest BCUT2D eigenvalue weighted by atomic mass is 10.0. The van der Waals surface area contributed by atoms with Crippen molar-refractivity contribution in [2.24, 2.45) is 5.92 Å². The molecule has 0 radical (unpaired) electrons. The van der Waals surface area contributed by atoms with E-state index in [0.717, 1.165) is 76.3 Å². The molecule has 3 amide bonds. The molecule has 2 fully saturated rings. The number of methoxy groups -OCH3 is 1. The van der Waals surface area contributed by atoms with Gasteiger partial charge >= 0.3 is 6.09 Å². The number of nitrogens with one attached hydrogen (secondary N) is 3. The molecule has 0 bridgehead atoms. The van der Waals surface area contributed by atoms with Gasteiger partial charge in [0.1, 0.15) is 17.7 Å². The number of aromatic nitrogens is 6. The first-order valence-electron chi connectivity index (χ1n) is 18.2. The third-order valence-electron chi connectivity index (χ3n) is 10.1. The molecule has 7 rings (SSSR count). The summed E-state index contributed by atoms with van der Waals surface area (Å²) in [5.41, 5.74) is 6.73. The summed E-state index contributed by atoms with van der Waals surface area (Å²) < 4.78 is 4.75. The van der Waals surface area contributed by atoms with Gasteiger partial charge in [-0.3, -0.25) is 19.6 Å². The van der Waals surface area contributed by atoms with E-state index in [2.05, 4.69) is 20.3 Å². The second-order valence-electron chi connectivity index (χ2n) is 14.2. The van der Waals surface area contributed by atoms with E-state index in [0.29, 0.717) is 18.9 Å². The first-order valence-corrected chi connectivity index (χ1v) is 18.2. The lowest BCUT2D eigenvalue weighted by Crippen LogP contribution is -2.51. The van der Waals surface area contributed by atoms with Gasteiger partial charge in [-0.05, 0) is 56.2 Å². The standard InChI is InChI=1S/C39H45N9O5/c1-22(2)35(46-39(52)53-4)38(51)48-16-6-7-32(48)36-42-21-31(45-36)25-11-9-24(10-12-25)29-19-41-30(20-40-29)26-13-14-27-28(18-26)44-37(43-27)33-8-5-15-47(33)34(50)17-23(3)49/h9-14,18-23,32-33,35,49H,5-8,15-17H2,1-4H3,(H,42,45)(H,43,44)(H,46,52)/t23-,32+,33+,35+/m1/s1. The first kappa shape index (κ1) is 35.8. The van der Waals surface area contributed by atoms with Gasteiger partial charge in [-0.15, -0.1) is 0 Å². The molecule has 3 aromatic heterocycles. The average Bonchev–Trinajstić information content (AvgIpc) is 3.99. The number of rotatable bonds is 10. The lowest BCUT2D eigenvalue weighted by molar-refractivity contribution is -0.135. The average molecular weight is 720 g/mol. The second-order valence-corrected chi connectivity index (χ2v) is 14.2. The van der Waals surface area contributed by atoms with E-state index in [9.17, 15) is 19.5 Å². The van der Waals surface area contributed by atoms with Crippen LogP contribution in [0.1, 0.15) is 76.6 Å². The van der Waals surface area contributed by atoms with Crippen molar-refractivity contribution in [3.05, 3.63) is 72.7 Å². The van der Waals surface area contributed by atoms with E-state index in [-0.39, 0.29) is 36.2 Å². The Morgan fingerprint density at radius 3 is 2.15 bits per heavy atom. The maximum absolute atomic E-state index is 13.5. The summed E-state index contributed by atoms with van der Waals surface area (Å²) in [6.07, 6.45) is 7.45. The minimum Gasteiger partial charge on any atom is -0.453 e. The van der Waals surface area contributed by atoms with Crippen LogP contribution in [0.2, 0.25) is 0 Å². The molecule has 14 heteroatoms. The molecule has 0 unspecified atom stereocenters. The van der Waals surface area contributed by atoms with Gasteiger partial charge < -0.3 is 34.9 Å².